The van der Waals surface area contributed by atoms with Crippen molar-refractivity contribution in [1.29, 1.82) is 0 Å². The standard InChI is InChI=1S/C27H34N4O9/c1-14-13-39-22-18-16(11-17(24(33)38-6)23(32)30(14)18)19(31(35)36)21(37-5)20(22)29-10-7-15(12-29)27(8-9-27)28-25(34)40-26(2,3)4/h11,14-15H,7-10,12-13H2,1-6H3,(H,28,34)/t14-,15+/m0/s1. The molecule has 0 bridgehead atoms. The number of hydrogen-bond acceptors (Lipinski definition) is 10. The molecule has 1 N–H and O–H groups in total. The average molecular weight is 559 g/mol. The Morgan fingerprint density at radius 3 is 2.52 bits per heavy atom. The molecule has 1 aliphatic carbocycles. The zero-order valence-corrected chi connectivity index (χ0v) is 23.5. The number of aromatic nitrogens is 1. The Labute approximate surface area is 230 Å². The number of nitrogens with zero attached hydrogens (tertiary/aromatic N) is 3. The van der Waals surface area contributed by atoms with Crippen LogP contribution in [0.5, 0.6) is 11.5 Å². The number of pyridine rings is 1. The molecule has 0 radical (unpaired) electrons. The first-order valence-corrected chi connectivity index (χ1v) is 13.3. The van der Waals surface area contributed by atoms with Crippen LogP contribution in [0.4, 0.5) is 16.2 Å². The first-order valence-electron chi connectivity index (χ1n) is 13.3. The molecule has 1 amide bonds. The molecule has 1 saturated heterocycles. The molecule has 1 aromatic heterocycles. The number of anilines is 1. The van der Waals surface area contributed by atoms with E-state index in [1.807, 2.05) is 25.7 Å². The zero-order valence-electron chi connectivity index (χ0n) is 23.5. The van der Waals surface area contributed by atoms with Gasteiger partial charge in [-0.1, -0.05) is 0 Å². The van der Waals surface area contributed by atoms with Crippen LogP contribution in [-0.4, -0.2) is 66.6 Å². The Bertz CT molecular complexity index is 1470. The molecule has 0 unspecified atom stereocenters. The van der Waals surface area contributed by atoms with Crippen molar-refractivity contribution >= 4 is 34.3 Å². The summed E-state index contributed by atoms with van der Waals surface area (Å²) < 4.78 is 23.4. The first-order chi connectivity index (χ1) is 18.8. The van der Waals surface area contributed by atoms with E-state index in [1.54, 1.807) is 6.92 Å². The van der Waals surface area contributed by atoms with E-state index in [4.69, 9.17) is 18.9 Å². The summed E-state index contributed by atoms with van der Waals surface area (Å²) >= 11 is 0. The molecular weight excluding hydrogens is 524 g/mol. The number of nitrogens with one attached hydrogen (secondary N) is 1. The van der Waals surface area contributed by atoms with Gasteiger partial charge in [0.25, 0.3) is 5.56 Å². The molecule has 5 rings (SSSR count). The second kappa shape index (κ2) is 9.56. The third-order valence-electron chi connectivity index (χ3n) is 7.88. The topological polar surface area (TPSA) is 151 Å². The lowest BCUT2D eigenvalue weighted by Crippen LogP contribution is -2.45. The lowest BCUT2D eigenvalue weighted by Gasteiger charge is -2.32. The summed E-state index contributed by atoms with van der Waals surface area (Å²) in [6, 6.07) is 0.693. The molecule has 3 heterocycles. The Kier molecular flexibility index (Phi) is 6.58. The van der Waals surface area contributed by atoms with Crippen LogP contribution in [0, 0.1) is 16.0 Å². The number of alkyl carbamates (subject to hydrolysis) is 1. The molecule has 2 fully saturated rings. The number of nitro benzene ring substituents is 1. The number of nitro groups is 1. The van der Waals surface area contributed by atoms with Gasteiger partial charge in [-0.2, -0.15) is 0 Å². The number of ether oxygens (including phenoxy) is 4. The van der Waals surface area contributed by atoms with Crippen molar-refractivity contribution in [3.63, 3.8) is 0 Å². The minimum absolute atomic E-state index is 0.0198. The highest BCUT2D eigenvalue weighted by Crippen LogP contribution is 2.55. The Morgan fingerprint density at radius 2 is 1.95 bits per heavy atom. The van der Waals surface area contributed by atoms with Gasteiger partial charge < -0.3 is 29.2 Å². The number of methoxy groups -OCH3 is 2. The molecule has 40 heavy (non-hydrogen) atoms. The average Bonchev–Trinajstić information content (AvgIpc) is 3.47. The predicted octanol–water partition coefficient (Wildman–Crippen LogP) is 3.54. The molecular formula is C27H34N4O9. The number of esters is 1. The van der Waals surface area contributed by atoms with Crippen molar-refractivity contribution in [2.24, 2.45) is 5.92 Å². The Hall–Kier alpha value is -4.03. The van der Waals surface area contributed by atoms with Crippen LogP contribution in [0.1, 0.15) is 63.4 Å². The van der Waals surface area contributed by atoms with Crippen molar-refractivity contribution in [1.82, 2.24) is 9.88 Å². The van der Waals surface area contributed by atoms with Crippen molar-refractivity contribution in [2.45, 2.75) is 64.1 Å². The molecule has 0 spiro atoms. The van der Waals surface area contributed by atoms with Crippen LogP contribution in [-0.2, 0) is 9.47 Å². The van der Waals surface area contributed by atoms with Gasteiger partial charge in [0, 0.05) is 24.5 Å². The Balaban J connectivity index is 1.62. The fourth-order valence-electron chi connectivity index (χ4n) is 5.94. The summed E-state index contributed by atoms with van der Waals surface area (Å²) in [5, 5.41) is 15.6. The molecule has 1 saturated carbocycles. The van der Waals surface area contributed by atoms with Gasteiger partial charge in [0.1, 0.15) is 29.0 Å². The third kappa shape index (κ3) is 4.46. The second-order valence-electron chi connectivity index (χ2n) is 11.7. The number of hydrogen-bond donors (Lipinski definition) is 1. The molecule has 1 aromatic carbocycles. The normalized spacial score (nSPS) is 21.0. The number of benzene rings is 1. The van der Waals surface area contributed by atoms with Crippen LogP contribution in [0.25, 0.3) is 10.9 Å². The van der Waals surface area contributed by atoms with E-state index in [-0.39, 0.29) is 46.2 Å². The van der Waals surface area contributed by atoms with Crippen molar-refractivity contribution in [3.05, 3.63) is 32.1 Å². The molecule has 2 aromatic rings. The lowest BCUT2D eigenvalue weighted by molar-refractivity contribution is -0.383. The number of carbonyl (C=O) groups is 2. The van der Waals surface area contributed by atoms with Gasteiger partial charge in [0.05, 0.1) is 30.6 Å². The highest BCUT2D eigenvalue weighted by molar-refractivity contribution is 6.05. The van der Waals surface area contributed by atoms with Crippen LogP contribution in [0.2, 0.25) is 0 Å². The predicted molar refractivity (Wildman–Crippen MR) is 145 cm³/mol. The quantitative estimate of drug-likeness (QED) is 0.317. The molecule has 13 heteroatoms. The molecule has 216 valence electrons. The lowest BCUT2D eigenvalue weighted by atomic mass is 9.96. The van der Waals surface area contributed by atoms with Gasteiger partial charge in [0.15, 0.2) is 5.75 Å². The van der Waals surface area contributed by atoms with Gasteiger partial charge >= 0.3 is 17.7 Å². The smallest absolute Gasteiger partial charge is 0.408 e. The van der Waals surface area contributed by atoms with E-state index in [1.165, 1.54) is 17.7 Å². The van der Waals surface area contributed by atoms with Crippen molar-refractivity contribution in [2.75, 3.05) is 38.8 Å². The highest BCUT2D eigenvalue weighted by atomic mass is 16.6. The maximum atomic E-state index is 13.4. The summed E-state index contributed by atoms with van der Waals surface area (Å²) in [7, 11) is 2.49. The minimum Gasteiger partial charge on any atom is -0.489 e. The largest absolute Gasteiger partial charge is 0.489 e. The minimum atomic E-state index is -0.886. The zero-order chi connectivity index (χ0) is 29.1. The maximum Gasteiger partial charge on any atom is 0.408 e. The monoisotopic (exact) mass is 558 g/mol. The van der Waals surface area contributed by atoms with E-state index in [0.717, 1.165) is 20.0 Å². The summed E-state index contributed by atoms with van der Waals surface area (Å²) in [5.74, 6) is -0.566. The number of rotatable bonds is 6. The first kappa shape index (κ1) is 27.5. The van der Waals surface area contributed by atoms with Gasteiger partial charge in [-0.15, -0.1) is 0 Å². The van der Waals surface area contributed by atoms with E-state index < -0.39 is 39.7 Å². The fraction of sp³-hybridized carbons (Fsp3) is 0.593. The third-order valence-corrected chi connectivity index (χ3v) is 7.88. The number of amides is 1. The number of carbonyl (C=O) groups excluding carboxylic acids is 2. The van der Waals surface area contributed by atoms with E-state index in [0.29, 0.717) is 25.2 Å². The maximum absolute atomic E-state index is 13.4. The fourth-order valence-corrected chi connectivity index (χ4v) is 5.94. The summed E-state index contributed by atoms with van der Waals surface area (Å²) in [5.41, 5.74) is -1.72. The van der Waals surface area contributed by atoms with Crippen molar-refractivity contribution in [3.8, 4) is 11.5 Å². The van der Waals surface area contributed by atoms with Crippen LogP contribution >= 0.6 is 0 Å². The highest BCUT2D eigenvalue weighted by Gasteiger charge is 2.53. The van der Waals surface area contributed by atoms with Gasteiger partial charge in [-0.05, 0) is 53.0 Å². The molecule has 2 atom stereocenters. The second-order valence-corrected chi connectivity index (χ2v) is 11.7. The molecule has 2 aliphatic heterocycles. The molecule has 3 aliphatic rings. The van der Waals surface area contributed by atoms with Crippen LogP contribution in [0.15, 0.2) is 10.9 Å². The summed E-state index contributed by atoms with van der Waals surface area (Å²) in [4.78, 5) is 52.3. The van der Waals surface area contributed by atoms with Gasteiger partial charge in [-0.25, -0.2) is 9.59 Å². The van der Waals surface area contributed by atoms with Crippen LogP contribution < -0.4 is 25.2 Å². The van der Waals surface area contributed by atoms with E-state index in [9.17, 15) is 24.5 Å². The SMILES string of the molecule is COC(=O)c1cc2c([N+](=O)[O-])c(OC)c(N3CC[C@@H](C4(NC(=O)OC(C)(C)C)CC4)C3)c3c2n(c1=O)[C@@H](C)CO3. The van der Waals surface area contributed by atoms with Crippen LogP contribution in [0.3, 0.4) is 0 Å². The van der Waals surface area contributed by atoms with E-state index in [2.05, 4.69) is 5.32 Å². The summed E-state index contributed by atoms with van der Waals surface area (Å²) in [6.45, 7) is 8.28. The van der Waals surface area contributed by atoms with E-state index >= 15 is 0 Å². The Morgan fingerprint density at radius 1 is 1.25 bits per heavy atom. The molecule has 13 nitrogen and oxygen atoms in total. The van der Waals surface area contributed by atoms with Crippen molar-refractivity contribution < 1.29 is 33.5 Å². The van der Waals surface area contributed by atoms with Gasteiger partial charge in [0.2, 0.25) is 5.75 Å². The summed E-state index contributed by atoms with van der Waals surface area (Å²) in [6.07, 6.45) is 1.85. The van der Waals surface area contributed by atoms with Gasteiger partial charge in [-0.3, -0.25) is 19.5 Å².